The maximum Gasteiger partial charge on any atom is 0.273 e. The molecule has 0 saturated carbocycles. The quantitative estimate of drug-likeness (QED) is 0.865. The molecule has 8 nitrogen and oxygen atoms in total. The molecule has 0 saturated heterocycles. The van der Waals surface area contributed by atoms with E-state index in [0.717, 1.165) is 5.69 Å². The van der Waals surface area contributed by atoms with Crippen molar-refractivity contribution in [2.24, 2.45) is 0 Å². The van der Waals surface area contributed by atoms with Gasteiger partial charge in [0.1, 0.15) is 5.69 Å². The number of amides is 2. The first-order chi connectivity index (χ1) is 10.9. The number of rotatable bonds is 6. The second kappa shape index (κ2) is 7.08. The molecule has 23 heavy (non-hydrogen) atoms. The molecular weight excluding hydrogens is 296 g/mol. The number of aryl methyl sites for hydroxylation is 3. The monoisotopic (exact) mass is 318 g/mol. The van der Waals surface area contributed by atoms with E-state index in [1.807, 2.05) is 19.9 Å². The van der Waals surface area contributed by atoms with Crippen LogP contribution >= 0.6 is 0 Å². The summed E-state index contributed by atoms with van der Waals surface area (Å²) in [6, 6.07) is 1.89. The molecule has 0 radical (unpaired) electrons. The third-order valence-corrected chi connectivity index (χ3v) is 3.50. The van der Waals surface area contributed by atoms with E-state index in [9.17, 15) is 9.59 Å². The number of carbonyl (C=O) groups is 2. The highest BCUT2D eigenvalue weighted by Crippen LogP contribution is 2.17. The lowest BCUT2D eigenvalue weighted by Gasteiger charge is -2.13. The average molecular weight is 318 g/mol. The number of carbonyl (C=O) groups excluding carboxylic acids is 2. The Balaban J connectivity index is 2.07. The van der Waals surface area contributed by atoms with Crippen molar-refractivity contribution in [3.63, 3.8) is 0 Å². The predicted molar refractivity (Wildman–Crippen MR) is 86.1 cm³/mol. The number of hydrogen-bond acceptors (Lipinski definition) is 4. The Labute approximate surface area is 135 Å². The molecule has 8 heteroatoms. The molecule has 2 heterocycles. The Morgan fingerprint density at radius 2 is 2.00 bits per heavy atom. The summed E-state index contributed by atoms with van der Waals surface area (Å²) in [5.74, 6) is -0.370. The minimum Gasteiger partial charge on any atom is -0.343 e. The zero-order chi connectivity index (χ0) is 17.0. The van der Waals surface area contributed by atoms with Gasteiger partial charge in [0.2, 0.25) is 5.91 Å². The first kappa shape index (κ1) is 16.7. The molecule has 2 aromatic heterocycles. The highest BCUT2D eigenvalue weighted by Gasteiger charge is 2.21. The van der Waals surface area contributed by atoms with Crippen molar-refractivity contribution in [2.75, 3.05) is 19.4 Å². The number of hydrogen-bond donors (Lipinski definition) is 1. The van der Waals surface area contributed by atoms with Gasteiger partial charge < -0.3 is 10.2 Å². The van der Waals surface area contributed by atoms with Gasteiger partial charge in [-0.05, 0) is 19.9 Å². The van der Waals surface area contributed by atoms with Crippen LogP contribution in [-0.4, -0.2) is 50.4 Å². The van der Waals surface area contributed by atoms with Crippen molar-refractivity contribution in [2.45, 2.75) is 33.4 Å². The molecule has 0 fully saturated rings. The van der Waals surface area contributed by atoms with Crippen LogP contribution in [0.15, 0.2) is 18.5 Å². The highest BCUT2D eigenvalue weighted by atomic mass is 16.2. The molecule has 0 bridgehead atoms. The van der Waals surface area contributed by atoms with Crippen LogP contribution in [-0.2, 0) is 17.9 Å². The Kier molecular flexibility index (Phi) is 5.15. The fourth-order valence-corrected chi connectivity index (χ4v) is 2.21. The summed E-state index contributed by atoms with van der Waals surface area (Å²) in [7, 11) is 3.34. The van der Waals surface area contributed by atoms with Crippen LogP contribution in [0.2, 0.25) is 0 Å². The van der Waals surface area contributed by atoms with Gasteiger partial charge in [-0.3, -0.25) is 19.0 Å². The summed E-state index contributed by atoms with van der Waals surface area (Å²) in [5.41, 5.74) is 1.83. The van der Waals surface area contributed by atoms with E-state index in [1.54, 1.807) is 29.7 Å². The van der Waals surface area contributed by atoms with Gasteiger partial charge in [0, 0.05) is 45.5 Å². The molecule has 124 valence electrons. The Hall–Kier alpha value is -2.64. The first-order valence-corrected chi connectivity index (χ1v) is 7.49. The SMILES string of the molecule is CCn1ncc(NC(=O)CCn2nccc2C)c1C(=O)N(C)C. The summed E-state index contributed by atoms with van der Waals surface area (Å²) in [6.07, 6.45) is 3.49. The number of aromatic nitrogens is 4. The third kappa shape index (κ3) is 3.77. The summed E-state index contributed by atoms with van der Waals surface area (Å²) in [6.45, 7) is 4.87. The predicted octanol–water partition coefficient (Wildman–Crippen LogP) is 1.14. The van der Waals surface area contributed by atoms with Gasteiger partial charge in [0.15, 0.2) is 0 Å². The second-order valence-corrected chi connectivity index (χ2v) is 5.42. The molecule has 0 aromatic carbocycles. The third-order valence-electron chi connectivity index (χ3n) is 3.50. The van der Waals surface area contributed by atoms with E-state index >= 15 is 0 Å². The van der Waals surface area contributed by atoms with Gasteiger partial charge >= 0.3 is 0 Å². The van der Waals surface area contributed by atoms with Crippen LogP contribution in [0.1, 0.15) is 29.5 Å². The Morgan fingerprint density at radius 3 is 2.57 bits per heavy atom. The minimum atomic E-state index is -0.192. The lowest BCUT2D eigenvalue weighted by Crippen LogP contribution is -2.26. The first-order valence-electron chi connectivity index (χ1n) is 7.49. The molecule has 0 unspecified atom stereocenters. The van der Waals surface area contributed by atoms with Gasteiger partial charge in [-0.1, -0.05) is 0 Å². The summed E-state index contributed by atoms with van der Waals surface area (Å²) < 4.78 is 3.34. The van der Waals surface area contributed by atoms with Crippen LogP contribution in [0.25, 0.3) is 0 Å². The van der Waals surface area contributed by atoms with Crippen molar-refractivity contribution in [3.05, 3.63) is 29.8 Å². The van der Waals surface area contributed by atoms with Gasteiger partial charge in [0.25, 0.3) is 5.91 Å². The largest absolute Gasteiger partial charge is 0.343 e. The molecule has 2 amide bonds. The van der Waals surface area contributed by atoms with Gasteiger partial charge in [-0.25, -0.2) is 0 Å². The van der Waals surface area contributed by atoms with E-state index in [-0.39, 0.29) is 18.2 Å². The van der Waals surface area contributed by atoms with E-state index in [1.165, 1.54) is 11.1 Å². The minimum absolute atomic E-state index is 0.177. The maximum absolute atomic E-state index is 12.3. The van der Waals surface area contributed by atoms with Crippen molar-refractivity contribution < 1.29 is 9.59 Å². The number of nitrogens with one attached hydrogen (secondary N) is 1. The lowest BCUT2D eigenvalue weighted by molar-refractivity contribution is -0.116. The summed E-state index contributed by atoms with van der Waals surface area (Å²) in [4.78, 5) is 25.9. The molecule has 1 N–H and O–H groups in total. The van der Waals surface area contributed by atoms with Gasteiger partial charge in [0.05, 0.1) is 11.9 Å². The van der Waals surface area contributed by atoms with Crippen LogP contribution in [0.3, 0.4) is 0 Å². The molecule has 2 aromatic rings. The average Bonchev–Trinajstić information content (AvgIpc) is 3.10. The van der Waals surface area contributed by atoms with Gasteiger partial charge in [-0.2, -0.15) is 10.2 Å². The molecule has 0 aliphatic carbocycles. The van der Waals surface area contributed by atoms with Crippen molar-refractivity contribution in [3.8, 4) is 0 Å². The fourth-order valence-electron chi connectivity index (χ4n) is 2.21. The molecule has 0 aliphatic rings. The van der Waals surface area contributed by atoms with E-state index in [2.05, 4.69) is 15.5 Å². The molecular formula is C15H22N6O2. The maximum atomic E-state index is 12.3. The van der Waals surface area contributed by atoms with E-state index in [0.29, 0.717) is 24.5 Å². The van der Waals surface area contributed by atoms with Crippen LogP contribution in [0, 0.1) is 6.92 Å². The fraction of sp³-hybridized carbons (Fsp3) is 0.467. The van der Waals surface area contributed by atoms with Crippen LogP contribution in [0.5, 0.6) is 0 Å². The lowest BCUT2D eigenvalue weighted by atomic mass is 10.3. The normalized spacial score (nSPS) is 10.6. The van der Waals surface area contributed by atoms with E-state index < -0.39 is 0 Å². The Morgan fingerprint density at radius 1 is 1.26 bits per heavy atom. The van der Waals surface area contributed by atoms with E-state index in [4.69, 9.17) is 0 Å². The summed E-state index contributed by atoms with van der Waals surface area (Å²) in [5, 5.41) is 11.1. The van der Waals surface area contributed by atoms with Crippen molar-refractivity contribution >= 4 is 17.5 Å². The Bertz CT molecular complexity index is 701. The molecule has 0 spiro atoms. The molecule has 2 rings (SSSR count). The van der Waals surface area contributed by atoms with Crippen LogP contribution in [0.4, 0.5) is 5.69 Å². The zero-order valence-electron chi connectivity index (χ0n) is 13.9. The molecule has 0 aliphatic heterocycles. The van der Waals surface area contributed by atoms with Gasteiger partial charge in [-0.15, -0.1) is 0 Å². The summed E-state index contributed by atoms with van der Waals surface area (Å²) >= 11 is 0. The standard InChI is InChI=1S/C15H22N6O2/c1-5-20-14(15(23)19(3)4)12(10-17-20)18-13(22)7-9-21-11(2)6-8-16-21/h6,8,10H,5,7,9H2,1-4H3,(H,18,22). The topological polar surface area (TPSA) is 85.0 Å². The number of nitrogens with zero attached hydrogens (tertiary/aromatic N) is 5. The smallest absolute Gasteiger partial charge is 0.273 e. The van der Waals surface area contributed by atoms with Crippen molar-refractivity contribution in [1.29, 1.82) is 0 Å². The highest BCUT2D eigenvalue weighted by molar-refractivity contribution is 6.02. The van der Waals surface area contributed by atoms with Crippen LogP contribution < -0.4 is 5.32 Å². The zero-order valence-corrected chi connectivity index (χ0v) is 13.9. The second-order valence-electron chi connectivity index (χ2n) is 5.42. The molecule has 0 atom stereocenters. The number of anilines is 1. The van der Waals surface area contributed by atoms with Crippen molar-refractivity contribution in [1.82, 2.24) is 24.5 Å².